The van der Waals surface area contributed by atoms with Gasteiger partial charge in [0.05, 0.1) is 6.61 Å². The smallest absolute Gasteiger partial charge is 0.342 e. The largest absolute Gasteiger partial charge is 0.462 e. The average Bonchev–Trinajstić information content (AvgIpc) is 2.59. The highest BCUT2D eigenvalue weighted by molar-refractivity contribution is 6.46. The van der Waals surface area contributed by atoms with Crippen molar-refractivity contribution in [2.45, 2.75) is 6.92 Å². The Labute approximate surface area is 143 Å². The molecule has 0 aliphatic heterocycles. The summed E-state index contributed by atoms with van der Waals surface area (Å²) in [6.45, 7) is 1.75. The fourth-order valence-electron chi connectivity index (χ4n) is 2.67. The van der Waals surface area contributed by atoms with Crippen LogP contribution >= 0.6 is 11.6 Å². The molecule has 0 spiro atoms. The molecule has 0 fully saturated rings. The predicted molar refractivity (Wildman–Crippen MR) is 90.1 cm³/mol. The first-order valence-electron chi connectivity index (χ1n) is 7.40. The Morgan fingerprint density at radius 1 is 0.958 bits per heavy atom. The van der Waals surface area contributed by atoms with Crippen LogP contribution in [0.1, 0.15) is 33.2 Å². The van der Waals surface area contributed by atoms with Crippen molar-refractivity contribution in [3.05, 3.63) is 75.8 Å². The number of carbonyl (C=O) groups is 3. The number of ether oxygens (including phenoxy) is 1. The third-order valence-electron chi connectivity index (χ3n) is 3.73. The zero-order valence-corrected chi connectivity index (χ0v) is 13.6. The standard InChI is InChI=1S/C19H13ClO4/c1-2-24-19(23)16-15(11-7-9-12(20)10-8-11)17(21)13-5-3-4-6-14(13)18(16)22/h3-10H,2H2,1H3. The van der Waals surface area contributed by atoms with Crippen molar-refractivity contribution in [3.63, 3.8) is 0 Å². The number of esters is 1. The number of rotatable bonds is 3. The molecule has 2 aromatic rings. The van der Waals surface area contributed by atoms with Crippen LogP contribution in [0, 0.1) is 0 Å². The first kappa shape index (κ1) is 16.1. The summed E-state index contributed by atoms with van der Waals surface area (Å²) >= 11 is 5.89. The van der Waals surface area contributed by atoms with Gasteiger partial charge in [-0.2, -0.15) is 0 Å². The van der Waals surface area contributed by atoms with Gasteiger partial charge in [0, 0.05) is 21.7 Å². The zero-order chi connectivity index (χ0) is 17.3. The van der Waals surface area contributed by atoms with E-state index in [0.717, 1.165) is 0 Å². The van der Waals surface area contributed by atoms with Crippen molar-refractivity contribution >= 4 is 34.7 Å². The van der Waals surface area contributed by atoms with Crippen LogP contribution in [-0.2, 0) is 9.53 Å². The third kappa shape index (κ3) is 2.65. The minimum Gasteiger partial charge on any atom is -0.462 e. The maximum Gasteiger partial charge on any atom is 0.342 e. The summed E-state index contributed by atoms with van der Waals surface area (Å²) in [6.07, 6.45) is 0. The van der Waals surface area contributed by atoms with Crippen molar-refractivity contribution in [1.29, 1.82) is 0 Å². The molecule has 0 saturated heterocycles. The van der Waals surface area contributed by atoms with E-state index in [0.29, 0.717) is 10.6 Å². The molecule has 3 rings (SSSR count). The van der Waals surface area contributed by atoms with E-state index < -0.39 is 11.8 Å². The van der Waals surface area contributed by atoms with Crippen molar-refractivity contribution in [1.82, 2.24) is 0 Å². The number of hydrogen-bond donors (Lipinski definition) is 0. The van der Waals surface area contributed by atoms with E-state index in [2.05, 4.69) is 0 Å². The van der Waals surface area contributed by atoms with Crippen LogP contribution in [0.2, 0.25) is 5.02 Å². The summed E-state index contributed by atoms with van der Waals surface area (Å²) in [6, 6.07) is 12.9. The van der Waals surface area contributed by atoms with Gasteiger partial charge in [0.15, 0.2) is 5.78 Å². The number of halogens is 1. The molecule has 0 atom stereocenters. The van der Waals surface area contributed by atoms with Gasteiger partial charge in [0.1, 0.15) is 5.57 Å². The number of Topliss-reactive ketones (excluding diaryl/α,β-unsaturated/α-hetero) is 2. The van der Waals surface area contributed by atoms with Gasteiger partial charge in [-0.05, 0) is 24.6 Å². The summed E-state index contributed by atoms with van der Waals surface area (Å²) in [7, 11) is 0. The molecule has 1 aliphatic rings. The third-order valence-corrected chi connectivity index (χ3v) is 3.98. The van der Waals surface area contributed by atoms with E-state index in [9.17, 15) is 14.4 Å². The van der Waals surface area contributed by atoms with Crippen LogP contribution in [0.4, 0.5) is 0 Å². The number of hydrogen-bond acceptors (Lipinski definition) is 4. The van der Waals surface area contributed by atoms with Crippen molar-refractivity contribution in [3.8, 4) is 0 Å². The average molecular weight is 341 g/mol. The highest BCUT2D eigenvalue weighted by Crippen LogP contribution is 2.33. The van der Waals surface area contributed by atoms with Gasteiger partial charge in [-0.25, -0.2) is 4.79 Å². The monoisotopic (exact) mass is 340 g/mol. The van der Waals surface area contributed by atoms with Crippen molar-refractivity contribution in [2.75, 3.05) is 6.61 Å². The molecule has 120 valence electrons. The lowest BCUT2D eigenvalue weighted by atomic mass is 9.81. The minimum atomic E-state index is -0.796. The van der Waals surface area contributed by atoms with Crippen LogP contribution in [0.5, 0.6) is 0 Å². The van der Waals surface area contributed by atoms with Gasteiger partial charge < -0.3 is 4.74 Å². The summed E-state index contributed by atoms with van der Waals surface area (Å²) in [5, 5.41) is 0.493. The molecular weight excluding hydrogens is 328 g/mol. The van der Waals surface area contributed by atoms with E-state index >= 15 is 0 Å². The van der Waals surface area contributed by atoms with Gasteiger partial charge in [-0.3, -0.25) is 9.59 Å². The second-order valence-electron chi connectivity index (χ2n) is 5.18. The maximum atomic E-state index is 12.9. The van der Waals surface area contributed by atoms with Crippen LogP contribution in [-0.4, -0.2) is 24.1 Å². The van der Waals surface area contributed by atoms with Gasteiger partial charge in [0.2, 0.25) is 5.78 Å². The molecule has 2 aromatic carbocycles. The van der Waals surface area contributed by atoms with E-state index in [4.69, 9.17) is 16.3 Å². The summed E-state index contributed by atoms with van der Waals surface area (Å²) < 4.78 is 4.99. The highest BCUT2D eigenvalue weighted by Gasteiger charge is 2.37. The minimum absolute atomic E-state index is 0.0498. The highest BCUT2D eigenvalue weighted by atomic mass is 35.5. The fraction of sp³-hybridized carbons (Fsp3) is 0.105. The van der Waals surface area contributed by atoms with Crippen LogP contribution < -0.4 is 0 Å². The molecule has 0 radical (unpaired) electrons. The molecule has 0 aromatic heterocycles. The Morgan fingerprint density at radius 2 is 1.54 bits per heavy atom. The Bertz CT molecular complexity index is 878. The molecule has 0 amide bonds. The molecule has 1 aliphatic carbocycles. The topological polar surface area (TPSA) is 60.4 Å². The SMILES string of the molecule is CCOC(=O)C1=C(c2ccc(Cl)cc2)C(=O)c2ccccc2C1=O. The normalized spacial score (nSPS) is 13.8. The second kappa shape index (κ2) is 6.42. The van der Waals surface area contributed by atoms with Gasteiger partial charge in [0.25, 0.3) is 0 Å². The van der Waals surface area contributed by atoms with Crippen LogP contribution in [0.25, 0.3) is 5.57 Å². The molecule has 0 heterocycles. The Hall–Kier alpha value is -2.72. The molecule has 0 bridgehead atoms. The first-order chi connectivity index (χ1) is 11.5. The number of allylic oxidation sites excluding steroid dienone is 1. The van der Waals surface area contributed by atoms with E-state index in [1.54, 1.807) is 49.4 Å². The maximum absolute atomic E-state index is 12.9. The lowest BCUT2D eigenvalue weighted by molar-refractivity contribution is -0.138. The number of benzene rings is 2. The fourth-order valence-corrected chi connectivity index (χ4v) is 2.79. The molecule has 0 saturated carbocycles. The molecule has 0 N–H and O–H groups in total. The summed E-state index contributed by atoms with van der Waals surface area (Å²) in [4.78, 5) is 38.0. The quantitative estimate of drug-likeness (QED) is 0.631. The van der Waals surface area contributed by atoms with E-state index in [1.807, 2.05) is 0 Å². The van der Waals surface area contributed by atoms with Crippen molar-refractivity contribution < 1.29 is 19.1 Å². The first-order valence-corrected chi connectivity index (χ1v) is 7.78. The number of carbonyl (C=O) groups excluding carboxylic acids is 3. The summed E-state index contributed by atoms with van der Waals surface area (Å²) in [5.74, 6) is -1.68. The zero-order valence-electron chi connectivity index (χ0n) is 12.8. The predicted octanol–water partition coefficient (Wildman–Crippen LogP) is 3.74. The Morgan fingerprint density at radius 3 is 2.12 bits per heavy atom. The van der Waals surface area contributed by atoms with Crippen LogP contribution in [0.3, 0.4) is 0 Å². The molecule has 4 nitrogen and oxygen atoms in total. The van der Waals surface area contributed by atoms with Gasteiger partial charge in [-0.1, -0.05) is 48.0 Å². The Balaban J connectivity index is 2.27. The lowest BCUT2D eigenvalue weighted by Gasteiger charge is -2.20. The van der Waals surface area contributed by atoms with Crippen molar-refractivity contribution in [2.24, 2.45) is 0 Å². The summed E-state index contributed by atoms with van der Waals surface area (Å²) in [5.41, 5.74) is 0.760. The number of ketones is 2. The molecule has 5 heteroatoms. The lowest BCUT2D eigenvalue weighted by Crippen LogP contribution is -2.27. The van der Waals surface area contributed by atoms with Gasteiger partial charge in [-0.15, -0.1) is 0 Å². The van der Waals surface area contributed by atoms with Gasteiger partial charge >= 0.3 is 5.97 Å². The van der Waals surface area contributed by atoms with Crippen LogP contribution in [0.15, 0.2) is 54.1 Å². The Kier molecular flexibility index (Phi) is 4.32. The molecule has 24 heavy (non-hydrogen) atoms. The van der Waals surface area contributed by atoms with E-state index in [-0.39, 0.29) is 34.7 Å². The molecular formula is C19H13ClO4. The van der Waals surface area contributed by atoms with E-state index in [1.165, 1.54) is 6.07 Å². The second-order valence-corrected chi connectivity index (χ2v) is 5.62. The number of fused-ring (bicyclic) bond motifs is 1. The molecule has 0 unspecified atom stereocenters.